The van der Waals surface area contributed by atoms with Gasteiger partial charge >= 0.3 is 0 Å². The summed E-state index contributed by atoms with van der Waals surface area (Å²) in [4.78, 5) is 13.4. The highest BCUT2D eigenvalue weighted by Gasteiger charge is 2.14. The molecule has 0 aliphatic carbocycles. The first-order chi connectivity index (χ1) is 17.4. The molecular weight excluding hydrogens is 478 g/mol. The van der Waals surface area contributed by atoms with Crippen LogP contribution in [-0.4, -0.2) is 46.4 Å². The first-order valence-electron chi connectivity index (χ1n) is 11.8. The lowest BCUT2D eigenvalue weighted by Crippen LogP contribution is -2.02. The number of carboxylic acids is 1. The summed E-state index contributed by atoms with van der Waals surface area (Å²) in [5, 5.41) is 17.4. The summed E-state index contributed by atoms with van der Waals surface area (Å²) in [6, 6.07) is 14.1. The number of hydrogen-bond donors (Lipinski definition) is 2. The van der Waals surface area contributed by atoms with Crippen molar-refractivity contribution in [2.75, 3.05) is 25.2 Å². The average Bonchev–Trinajstić information content (AvgIpc) is 3.33. The molecule has 0 fully saturated rings. The van der Waals surface area contributed by atoms with E-state index < -0.39 is 5.97 Å². The molecular formula is C28H33NO6S. The second-order valence-electron chi connectivity index (χ2n) is 8.36. The van der Waals surface area contributed by atoms with Gasteiger partial charge in [-0.3, -0.25) is 4.79 Å². The van der Waals surface area contributed by atoms with Crippen LogP contribution in [0.3, 0.4) is 0 Å². The fraction of sp³-hybridized carbons (Fsp3) is 0.357. The second kappa shape index (κ2) is 13.8. The van der Waals surface area contributed by atoms with Crippen molar-refractivity contribution in [2.24, 2.45) is 0 Å². The zero-order valence-electron chi connectivity index (χ0n) is 21.0. The number of hydrogen-bond acceptors (Lipinski definition) is 7. The van der Waals surface area contributed by atoms with Crippen molar-refractivity contribution in [3.8, 4) is 28.5 Å². The molecule has 1 aliphatic heterocycles. The van der Waals surface area contributed by atoms with E-state index in [1.54, 1.807) is 0 Å². The van der Waals surface area contributed by atoms with Gasteiger partial charge in [-0.1, -0.05) is 18.2 Å². The van der Waals surface area contributed by atoms with E-state index in [1.165, 1.54) is 0 Å². The molecule has 192 valence electrons. The number of aryl methyl sites for hydroxylation is 1. The first-order valence-corrected chi connectivity index (χ1v) is 13.2. The van der Waals surface area contributed by atoms with Gasteiger partial charge in [0.2, 0.25) is 5.88 Å². The van der Waals surface area contributed by atoms with Crippen molar-refractivity contribution in [3.05, 3.63) is 70.9 Å². The van der Waals surface area contributed by atoms with Crippen LogP contribution in [0.15, 0.2) is 48.7 Å². The standard InChI is InChI=1S/C26H29NO4S.C2H4O2/c1-18-11-23(29-8-4-10-32-2)13-22(16-28)26(18)20-6-3-5-19(12-20)17-31-25-14-24-21(15-27-25)7-9-30-24;1-2(3)4/h3,5-6,11-15,28H,4,7-10,16-17H2,1-2H3;1H3,(H,3,4). The summed E-state index contributed by atoms with van der Waals surface area (Å²) >= 11 is 1.82. The van der Waals surface area contributed by atoms with Gasteiger partial charge < -0.3 is 24.4 Å². The third kappa shape index (κ3) is 7.90. The Morgan fingerprint density at radius 2 is 2.00 bits per heavy atom. The lowest BCUT2D eigenvalue weighted by Gasteiger charge is -2.16. The van der Waals surface area contributed by atoms with Crippen LogP contribution in [0.25, 0.3) is 11.1 Å². The molecule has 7 nitrogen and oxygen atoms in total. The van der Waals surface area contributed by atoms with Crippen molar-refractivity contribution in [1.29, 1.82) is 0 Å². The minimum atomic E-state index is -0.833. The molecule has 2 heterocycles. The Kier molecular flexibility index (Phi) is 10.5. The van der Waals surface area contributed by atoms with E-state index in [0.29, 0.717) is 25.7 Å². The number of benzene rings is 2. The summed E-state index contributed by atoms with van der Waals surface area (Å²) < 4.78 is 17.4. The van der Waals surface area contributed by atoms with E-state index in [0.717, 1.165) is 70.4 Å². The number of aliphatic hydroxyl groups excluding tert-OH is 1. The van der Waals surface area contributed by atoms with Crippen LogP contribution in [0.5, 0.6) is 17.4 Å². The molecule has 2 N–H and O–H groups in total. The molecule has 0 saturated heterocycles. The summed E-state index contributed by atoms with van der Waals surface area (Å²) in [6.07, 6.45) is 5.83. The van der Waals surface area contributed by atoms with E-state index in [4.69, 9.17) is 24.1 Å². The van der Waals surface area contributed by atoms with Gasteiger partial charge in [0.1, 0.15) is 18.1 Å². The molecule has 3 aromatic rings. The van der Waals surface area contributed by atoms with Crippen molar-refractivity contribution in [1.82, 2.24) is 4.98 Å². The van der Waals surface area contributed by atoms with Crippen molar-refractivity contribution in [2.45, 2.75) is 39.9 Å². The Morgan fingerprint density at radius 1 is 1.19 bits per heavy atom. The highest BCUT2D eigenvalue weighted by atomic mass is 32.2. The van der Waals surface area contributed by atoms with Crippen LogP contribution in [0, 0.1) is 6.92 Å². The molecule has 4 rings (SSSR count). The summed E-state index contributed by atoms with van der Waals surface area (Å²) in [7, 11) is 0. The molecule has 0 bridgehead atoms. The molecule has 0 atom stereocenters. The first kappa shape index (κ1) is 27.4. The quantitative estimate of drug-likeness (QED) is 0.355. The minimum Gasteiger partial charge on any atom is -0.494 e. The maximum atomic E-state index is 10.0. The number of carbonyl (C=O) groups is 1. The van der Waals surface area contributed by atoms with Gasteiger partial charge in [0, 0.05) is 31.2 Å². The number of ether oxygens (including phenoxy) is 3. The van der Waals surface area contributed by atoms with E-state index in [2.05, 4.69) is 30.3 Å². The van der Waals surface area contributed by atoms with Crippen LogP contribution < -0.4 is 14.2 Å². The summed E-state index contributed by atoms with van der Waals surface area (Å²) in [5.74, 6) is 2.47. The zero-order valence-corrected chi connectivity index (χ0v) is 21.8. The minimum absolute atomic E-state index is 0.0437. The fourth-order valence-electron chi connectivity index (χ4n) is 3.93. The van der Waals surface area contributed by atoms with Gasteiger partial charge in [0.25, 0.3) is 5.97 Å². The number of fused-ring (bicyclic) bond motifs is 1. The second-order valence-corrected chi connectivity index (χ2v) is 9.35. The molecule has 0 spiro atoms. The predicted molar refractivity (Wildman–Crippen MR) is 142 cm³/mol. The number of thioether (sulfide) groups is 1. The number of carboxylic acid groups (broad SMARTS) is 1. The van der Waals surface area contributed by atoms with E-state index in [-0.39, 0.29) is 6.61 Å². The maximum absolute atomic E-state index is 10.0. The van der Waals surface area contributed by atoms with Crippen molar-refractivity contribution in [3.63, 3.8) is 0 Å². The fourth-order valence-corrected chi connectivity index (χ4v) is 4.34. The van der Waals surface area contributed by atoms with Crippen LogP contribution in [-0.2, 0) is 24.4 Å². The molecule has 36 heavy (non-hydrogen) atoms. The lowest BCUT2D eigenvalue weighted by molar-refractivity contribution is -0.134. The topological polar surface area (TPSA) is 98.1 Å². The third-order valence-electron chi connectivity index (χ3n) is 5.47. The smallest absolute Gasteiger partial charge is 0.300 e. The Balaban J connectivity index is 0.000000840. The maximum Gasteiger partial charge on any atom is 0.300 e. The molecule has 0 amide bonds. The van der Waals surface area contributed by atoms with Crippen LogP contribution in [0.2, 0.25) is 0 Å². The number of nitrogens with zero attached hydrogens (tertiary/aromatic N) is 1. The SMILES string of the molecule is CC(=O)O.CSCCCOc1cc(C)c(-c2cccc(COc3cc4c(cn3)CCO4)c2)c(CO)c1. The van der Waals surface area contributed by atoms with Gasteiger partial charge in [-0.25, -0.2) is 4.98 Å². The number of aromatic nitrogens is 1. The average molecular weight is 512 g/mol. The Labute approximate surface area is 216 Å². The molecule has 1 aliphatic rings. The van der Waals surface area contributed by atoms with Crippen LogP contribution in [0.1, 0.15) is 35.6 Å². The highest BCUT2D eigenvalue weighted by molar-refractivity contribution is 7.98. The molecule has 1 aromatic heterocycles. The Morgan fingerprint density at radius 3 is 2.75 bits per heavy atom. The van der Waals surface area contributed by atoms with Crippen LogP contribution >= 0.6 is 11.8 Å². The number of rotatable bonds is 10. The number of pyridine rings is 1. The van der Waals surface area contributed by atoms with E-state index >= 15 is 0 Å². The largest absolute Gasteiger partial charge is 0.494 e. The van der Waals surface area contributed by atoms with Crippen LogP contribution in [0.4, 0.5) is 0 Å². The van der Waals surface area contributed by atoms with Gasteiger partial charge in [-0.05, 0) is 71.4 Å². The molecule has 0 radical (unpaired) electrons. The molecule has 0 saturated carbocycles. The monoisotopic (exact) mass is 511 g/mol. The lowest BCUT2D eigenvalue weighted by atomic mass is 9.94. The van der Waals surface area contributed by atoms with E-state index in [9.17, 15) is 5.11 Å². The van der Waals surface area contributed by atoms with Gasteiger partial charge in [0.05, 0.1) is 19.8 Å². The summed E-state index contributed by atoms with van der Waals surface area (Å²) in [6.45, 7) is 4.89. The van der Waals surface area contributed by atoms with Gasteiger partial charge in [-0.2, -0.15) is 11.8 Å². The summed E-state index contributed by atoms with van der Waals surface area (Å²) in [5.41, 5.74) is 6.18. The van der Waals surface area contributed by atoms with Crippen molar-refractivity contribution >= 4 is 17.7 Å². The number of aliphatic hydroxyl groups is 1. The normalized spacial score (nSPS) is 11.7. The van der Waals surface area contributed by atoms with Crippen molar-refractivity contribution < 1.29 is 29.2 Å². The van der Waals surface area contributed by atoms with E-state index in [1.807, 2.05) is 48.3 Å². The zero-order chi connectivity index (χ0) is 25.9. The molecule has 0 unspecified atom stereocenters. The van der Waals surface area contributed by atoms with Gasteiger partial charge in [-0.15, -0.1) is 0 Å². The number of aliphatic carboxylic acids is 1. The molecule has 8 heteroatoms. The predicted octanol–water partition coefficient (Wildman–Crippen LogP) is 5.29. The Bertz CT molecular complexity index is 1160. The van der Waals surface area contributed by atoms with Gasteiger partial charge in [0.15, 0.2) is 0 Å². The molecule has 2 aromatic carbocycles. The third-order valence-corrected chi connectivity index (χ3v) is 6.17. The highest BCUT2D eigenvalue weighted by Crippen LogP contribution is 2.33. The Hall–Kier alpha value is -3.23.